The van der Waals surface area contributed by atoms with Crippen LogP contribution in [0.25, 0.3) is 10.1 Å². The molecule has 0 amide bonds. The van der Waals surface area contributed by atoms with Gasteiger partial charge in [0.25, 0.3) is 0 Å². The Balaban J connectivity index is 1.90. The Labute approximate surface area is 126 Å². The number of hydrogen-bond donors (Lipinski definition) is 0. The first-order chi connectivity index (χ1) is 10.3. The summed E-state index contributed by atoms with van der Waals surface area (Å²) in [5.74, 6) is 1.06. The Morgan fingerprint density at radius 3 is 2.81 bits per heavy atom. The van der Waals surface area contributed by atoms with E-state index in [4.69, 9.17) is 9.47 Å². The molecule has 0 aliphatic carbocycles. The molecule has 106 valence electrons. The number of hydrogen-bond acceptors (Lipinski definition) is 4. The lowest BCUT2D eigenvalue weighted by molar-refractivity contribution is 0.111. The summed E-state index contributed by atoms with van der Waals surface area (Å²) in [4.78, 5) is 11.1. The van der Waals surface area contributed by atoms with Gasteiger partial charge in [0.15, 0.2) is 17.8 Å². The van der Waals surface area contributed by atoms with Crippen molar-refractivity contribution in [2.45, 2.75) is 6.61 Å². The molecule has 0 N–H and O–H groups in total. The minimum atomic E-state index is 0.408. The summed E-state index contributed by atoms with van der Waals surface area (Å²) in [6, 6.07) is 13.5. The lowest BCUT2D eigenvalue weighted by Crippen LogP contribution is -2.00. The number of fused-ring (bicyclic) bond motifs is 1. The second-order valence-corrected chi connectivity index (χ2v) is 5.45. The predicted octanol–water partition coefficient (Wildman–Crippen LogP) is 4.30. The fourth-order valence-corrected chi connectivity index (χ4v) is 3.18. The maximum absolute atomic E-state index is 11.1. The van der Waals surface area contributed by atoms with Crippen LogP contribution in [0.2, 0.25) is 0 Å². The summed E-state index contributed by atoms with van der Waals surface area (Å²) in [5.41, 5.74) is 1.60. The van der Waals surface area contributed by atoms with E-state index in [0.29, 0.717) is 23.7 Å². The first-order valence-electron chi connectivity index (χ1n) is 6.53. The van der Waals surface area contributed by atoms with Gasteiger partial charge in [-0.25, -0.2) is 0 Å². The lowest BCUT2D eigenvalue weighted by Gasteiger charge is -2.12. The Morgan fingerprint density at radius 2 is 2.00 bits per heavy atom. The molecule has 2 aromatic carbocycles. The quantitative estimate of drug-likeness (QED) is 0.659. The highest BCUT2D eigenvalue weighted by Crippen LogP contribution is 2.32. The third-order valence-corrected chi connectivity index (χ3v) is 4.30. The van der Waals surface area contributed by atoms with Crippen molar-refractivity contribution < 1.29 is 14.3 Å². The highest BCUT2D eigenvalue weighted by molar-refractivity contribution is 7.17. The number of aldehydes is 1. The summed E-state index contributed by atoms with van der Waals surface area (Å²) in [6.45, 7) is 0.408. The number of carbonyl (C=O) groups is 1. The Bertz CT molecular complexity index is 777. The molecule has 3 nitrogen and oxygen atoms in total. The fourth-order valence-electron chi connectivity index (χ4n) is 2.24. The van der Waals surface area contributed by atoms with Gasteiger partial charge in [-0.2, -0.15) is 0 Å². The van der Waals surface area contributed by atoms with Crippen LogP contribution in [0.15, 0.2) is 47.8 Å². The topological polar surface area (TPSA) is 35.5 Å². The number of benzene rings is 2. The van der Waals surface area contributed by atoms with Gasteiger partial charge >= 0.3 is 0 Å². The standard InChI is InChI=1S/C17H14O3S/c1-19-15-7-4-5-12(9-18)17(15)20-10-13-11-21-16-8-3-2-6-14(13)16/h2-9,11H,10H2,1H3. The number of thiophene rings is 1. The van der Waals surface area contributed by atoms with Crippen molar-refractivity contribution in [1.29, 1.82) is 0 Å². The monoisotopic (exact) mass is 298 g/mol. The molecule has 3 rings (SSSR count). The minimum absolute atomic E-state index is 0.408. The maximum Gasteiger partial charge on any atom is 0.172 e. The number of para-hydroxylation sites is 1. The van der Waals surface area contributed by atoms with E-state index in [9.17, 15) is 4.79 Å². The van der Waals surface area contributed by atoms with Crippen molar-refractivity contribution in [1.82, 2.24) is 0 Å². The van der Waals surface area contributed by atoms with Crippen LogP contribution in [0.5, 0.6) is 11.5 Å². The van der Waals surface area contributed by atoms with E-state index in [1.807, 2.05) is 12.1 Å². The van der Waals surface area contributed by atoms with E-state index < -0.39 is 0 Å². The van der Waals surface area contributed by atoms with Gasteiger partial charge < -0.3 is 9.47 Å². The SMILES string of the molecule is COc1cccc(C=O)c1OCc1csc2ccccc12. The summed E-state index contributed by atoms with van der Waals surface area (Å²) < 4.78 is 12.3. The Hall–Kier alpha value is -2.33. The number of rotatable bonds is 5. The zero-order chi connectivity index (χ0) is 14.7. The molecule has 0 aliphatic rings. The van der Waals surface area contributed by atoms with E-state index in [1.165, 1.54) is 10.1 Å². The summed E-state index contributed by atoms with van der Waals surface area (Å²) in [7, 11) is 1.57. The summed E-state index contributed by atoms with van der Waals surface area (Å²) >= 11 is 1.69. The van der Waals surface area contributed by atoms with Crippen molar-refractivity contribution in [3.8, 4) is 11.5 Å². The van der Waals surface area contributed by atoms with Crippen molar-refractivity contribution in [2.24, 2.45) is 0 Å². The van der Waals surface area contributed by atoms with Crippen LogP contribution >= 0.6 is 11.3 Å². The first kappa shape index (κ1) is 13.6. The predicted molar refractivity (Wildman–Crippen MR) is 84.5 cm³/mol. The number of carbonyl (C=O) groups excluding carboxylic acids is 1. The smallest absolute Gasteiger partial charge is 0.172 e. The van der Waals surface area contributed by atoms with E-state index in [-0.39, 0.29) is 0 Å². The average molecular weight is 298 g/mol. The van der Waals surface area contributed by atoms with Crippen LogP contribution in [-0.2, 0) is 6.61 Å². The van der Waals surface area contributed by atoms with Crippen LogP contribution in [0.1, 0.15) is 15.9 Å². The van der Waals surface area contributed by atoms with Crippen LogP contribution in [0.4, 0.5) is 0 Å². The Morgan fingerprint density at radius 1 is 1.14 bits per heavy atom. The molecule has 3 aromatic rings. The van der Waals surface area contributed by atoms with Crippen molar-refractivity contribution >= 4 is 27.7 Å². The second-order valence-electron chi connectivity index (χ2n) is 4.54. The lowest BCUT2D eigenvalue weighted by atomic mass is 10.2. The molecule has 21 heavy (non-hydrogen) atoms. The maximum atomic E-state index is 11.1. The summed E-state index contributed by atoms with van der Waals surface area (Å²) in [6.07, 6.45) is 0.781. The van der Waals surface area contributed by atoms with Crippen molar-refractivity contribution in [3.05, 3.63) is 59.0 Å². The average Bonchev–Trinajstić information content (AvgIpc) is 2.95. The minimum Gasteiger partial charge on any atom is -0.493 e. The van der Waals surface area contributed by atoms with Crippen molar-refractivity contribution in [3.63, 3.8) is 0 Å². The molecule has 0 saturated heterocycles. The van der Waals surface area contributed by atoms with E-state index in [0.717, 1.165) is 11.8 Å². The van der Waals surface area contributed by atoms with Crippen LogP contribution in [0.3, 0.4) is 0 Å². The molecule has 1 heterocycles. The van der Waals surface area contributed by atoms with Gasteiger partial charge in [-0.05, 0) is 29.0 Å². The molecule has 0 aliphatic heterocycles. The van der Waals surface area contributed by atoms with E-state index in [1.54, 1.807) is 36.6 Å². The van der Waals surface area contributed by atoms with Gasteiger partial charge in [0, 0.05) is 10.3 Å². The van der Waals surface area contributed by atoms with Crippen LogP contribution in [-0.4, -0.2) is 13.4 Å². The zero-order valence-electron chi connectivity index (χ0n) is 11.5. The summed E-state index contributed by atoms with van der Waals surface area (Å²) in [5, 5.41) is 3.27. The van der Waals surface area contributed by atoms with Crippen LogP contribution in [0, 0.1) is 0 Å². The highest BCUT2D eigenvalue weighted by atomic mass is 32.1. The van der Waals surface area contributed by atoms with Crippen LogP contribution < -0.4 is 9.47 Å². The van der Waals surface area contributed by atoms with Gasteiger partial charge in [0.1, 0.15) is 6.61 Å². The molecular formula is C17H14O3S. The molecule has 4 heteroatoms. The molecule has 0 radical (unpaired) electrons. The van der Waals surface area contributed by atoms with Gasteiger partial charge in [-0.3, -0.25) is 4.79 Å². The number of ether oxygens (including phenoxy) is 2. The second kappa shape index (κ2) is 5.97. The fraction of sp³-hybridized carbons (Fsp3) is 0.118. The molecule has 0 fully saturated rings. The van der Waals surface area contributed by atoms with Gasteiger partial charge in [-0.15, -0.1) is 11.3 Å². The molecule has 1 aromatic heterocycles. The highest BCUT2D eigenvalue weighted by Gasteiger charge is 2.11. The van der Waals surface area contributed by atoms with E-state index >= 15 is 0 Å². The molecule has 0 spiro atoms. The zero-order valence-corrected chi connectivity index (χ0v) is 12.4. The first-order valence-corrected chi connectivity index (χ1v) is 7.41. The normalized spacial score (nSPS) is 10.5. The third-order valence-electron chi connectivity index (χ3n) is 3.29. The molecule has 0 bridgehead atoms. The molecule has 0 unspecified atom stereocenters. The molecular weight excluding hydrogens is 284 g/mol. The van der Waals surface area contributed by atoms with Crippen molar-refractivity contribution in [2.75, 3.05) is 7.11 Å². The largest absolute Gasteiger partial charge is 0.493 e. The van der Waals surface area contributed by atoms with Gasteiger partial charge in [0.2, 0.25) is 0 Å². The number of methoxy groups -OCH3 is 1. The molecule has 0 saturated carbocycles. The Kier molecular flexibility index (Phi) is 3.88. The van der Waals surface area contributed by atoms with E-state index in [2.05, 4.69) is 17.5 Å². The molecule has 0 atom stereocenters. The van der Waals surface area contributed by atoms with Gasteiger partial charge in [0.05, 0.1) is 12.7 Å². The van der Waals surface area contributed by atoms with Gasteiger partial charge in [-0.1, -0.05) is 24.3 Å². The third kappa shape index (κ3) is 2.62.